The molecule has 1 amide bonds. The third-order valence-electron chi connectivity index (χ3n) is 3.56. The first-order valence-corrected chi connectivity index (χ1v) is 8.35. The maximum atomic E-state index is 12.0. The van der Waals surface area contributed by atoms with Crippen molar-refractivity contribution in [1.82, 2.24) is 20.3 Å². The van der Waals surface area contributed by atoms with Crippen LogP contribution in [0.25, 0.3) is 27.3 Å². The van der Waals surface area contributed by atoms with Gasteiger partial charge in [-0.2, -0.15) is 0 Å². The van der Waals surface area contributed by atoms with Gasteiger partial charge in [0.1, 0.15) is 10.8 Å². The van der Waals surface area contributed by atoms with Crippen molar-refractivity contribution in [1.29, 1.82) is 0 Å². The zero-order valence-electron chi connectivity index (χ0n) is 12.7. The fraction of sp³-hybridized carbons (Fsp3) is 0.0556. The van der Waals surface area contributed by atoms with Crippen LogP contribution in [0.15, 0.2) is 54.6 Å². The standard InChI is InChI=1S/C18H14N4OS/c23-17(9-10-18-22-14-7-3-4-8-15(14)24-18)19-11-16-20-12-5-1-2-6-13(12)21-16/h1-10H,11H2,(H,19,23)(H,20,21)/b10-9+. The van der Waals surface area contributed by atoms with Crippen LogP contribution in [-0.4, -0.2) is 20.9 Å². The summed E-state index contributed by atoms with van der Waals surface area (Å²) < 4.78 is 1.11. The number of para-hydroxylation sites is 3. The molecule has 0 spiro atoms. The summed E-state index contributed by atoms with van der Waals surface area (Å²) in [5.41, 5.74) is 2.81. The van der Waals surface area contributed by atoms with E-state index in [1.54, 1.807) is 17.4 Å². The molecule has 0 aliphatic rings. The Bertz CT molecular complexity index is 981. The molecule has 2 aromatic heterocycles. The lowest BCUT2D eigenvalue weighted by Gasteiger charge is -1.97. The molecular formula is C18H14N4OS. The van der Waals surface area contributed by atoms with Gasteiger partial charge in [0.2, 0.25) is 5.91 Å². The number of hydrogen-bond acceptors (Lipinski definition) is 4. The summed E-state index contributed by atoms with van der Waals surface area (Å²) in [6, 6.07) is 15.7. The number of nitrogens with one attached hydrogen (secondary N) is 2. The molecule has 0 unspecified atom stereocenters. The highest BCUT2D eigenvalue weighted by Gasteiger charge is 2.04. The third-order valence-corrected chi connectivity index (χ3v) is 4.56. The number of nitrogens with zero attached hydrogens (tertiary/aromatic N) is 2. The van der Waals surface area contributed by atoms with E-state index in [1.165, 1.54) is 6.08 Å². The van der Waals surface area contributed by atoms with Crippen LogP contribution in [0.3, 0.4) is 0 Å². The second kappa shape index (κ2) is 6.25. The number of imidazole rings is 1. The maximum Gasteiger partial charge on any atom is 0.244 e. The van der Waals surface area contributed by atoms with Crippen molar-refractivity contribution in [2.75, 3.05) is 0 Å². The first-order valence-electron chi connectivity index (χ1n) is 7.53. The summed E-state index contributed by atoms with van der Waals surface area (Å²) >= 11 is 1.56. The zero-order valence-corrected chi connectivity index (χ0v) is 13.5. The van der Waals surface area contributed by atoms with Crippen molar-refractivity contribution >= 4 is 44.6 Å². The first-order chi connectivity index (χ1) is 11.8. The molecule has 0 radical (unpaired) electrons. The van der Waals surface area contributed by atoms with E-state index in [9.17, 15) is 4.79 Å². The Morgan fingerprint density at radius 2 is 1.88 bits per heavy atom. The smallest absolute Gasteiger partial charge is 0.244 e. The van der Waals surface area contributed by atoms with Crippen LogP contribution >= 0.6 is 11.3 Å². The van der Waals surface area contributed by atoms with Gasteiger partial charge < -0.3 is 10.3 Å². The zero-order chi connectivity index (χ0) is 16.4. The van der Waals surface area contributed by atoms with Gasteiger partial charge >= 0.3 is 0 Å². The average molecular weight is 334 g/mol. The van der Waals surface area contributed by atoms with Crippen molar-refractivity contribution in [3.63, 3.8) is 0 Å². The molecule has 6 heteroatoms. The lowest BCUT2D eigenvalue weighted by Crippen LogP contribution is -2.20. The van der Waals surface area contributed by atoms with Crippen LogP contribution in [0, 0.1) is 0 Å². The number of carbonyl (C=O) groups is 1. The molecule has 2 N–H and O–H groups in total. The fourth-order valence-corrected chi connectivity index (χ4v) is 3.30. The Hall–Kier alpha value is -2.99. The minimum atomic E-state index is -0.172. The molecule has 0 saturated heterocycles. The summed E-state index contributed by atoms with van der Waals surface area (Å²) in [7, 11) is 0. The molecule has 5 nitrogen and oxygen atoms in total. The molecule has 4 aromatic rings. The largest absolute Gasteiger partial charge is 0.345 e. The topological polar surface area (TPSA) is 70.7 Å². The summed E-state index contributed by atoms with van der Waals surface area (Å²) in [6.45, 7) is 0.359. The monoisotopic (exact) mass is 334 g/mol. The second-order valence-electron chi connectivity index (χ2n) is 5.27. The van der Waals surface area contributed by atoms with Crippen molar-refractivity contribution in [3.8, 4) is 0 Å². The first kappa shape index (κ1) is 14.6. The molecule has 0 aliphatic carbocycles. The number of benzene rings is 2. The van der Waals surface area contributed by atoms with E-state index < -0.39 is 0 Å². The molecule has 2 aromatic carbocycles. The highest BCUT2D eigenvalue weighted by atomic mass is 32.1. The Kier molecular flexibility index (Phi) is 3.80. The number of H-pyrrole nitrogens is 1. The Balaban J connectivity index is 1.40. The van der Waals surface area contributed by atoms with E-state index in [0.717, 1.165) is 32.1 Å². The molecule has 24 heavy (non-hydrogen) atoms. The van der Waals surface area contributed by atoms with Crippen LogP contribution in [0.5, 0.6) is 0 Å². The number of hydrogen-bond donors (Lipinski definition) is 2. The predicted molar refractivity (Wildman–Crippen MR) is 96.6 cm³/mol. The Morgan fingerprint density at radius 3 is 2.71 bits per heavy atom. The molecule has 118 valence electrons. The number of thiazole rings is 1. The molecular weight excluding hydrogens is 320 g/mol. The normalized spacial score (nSPS) is 11.5. The highest BCUT2D eigenvalue weighted by molar-refractivity contribution is 7.19. The number of fused-ring (bicyclic) bond motifs is 2. The van der Waals surface area contributed by atoms with Crippen LogP contribution in [0.1, 0.15) is 10.8 Å². The van der Waals surface area contributed by atoms with E-state index >= 15 is 0 Å². The number of aromatic amines is 1. The third kappa shape index (κ3) is 3.04. The molecule has 0 fully saturated rings. The lowest BCUT2D eigenvalue weighted by molar-refractivity contribution is -0.116. The van der Waals surface area contributed by atoms with E-state index in [0.29, 0.717) is 6.54 Å². The summed E-state index contributed by atoms with van der Waals surface area (Å²) in [5.74, 6) is 0.563. The number of carbonyl (C=O) groups excluding carboxylic acids is 1. The minimum Gasteiger partial charge on any atom is -0.345 e. The summed E-state index contributed by atoms with van der Waals surface area (Å²) in [4.78, 5) is 24.0. The fourth-order valence-electron chi connectivity index (χ4n) is 2.43. The minimum absolute atomic E-state index is 0.172. The van der Waals surface area contributed by atoms with E-state index in [2.05, 4.69) is 20.3 Å². The van der Waals surface area contributed by atoms with Crippen molar-refractivity contribution < 1.29 is 4.79 Å². The number of amides is 1. The van der Waals surface area contributed by atoms with Crippen molar-refractivity contribution in [3.05, 3.63) is 65.4 Å². The molecule has 0 bridgehead atoms. The van der Waals surface area contributed by atoms with Crippen LogP contribution in [-0.2, 0) is 11.3 Å². The lowest BCUT2D eigenvalue weighted by atomic mass is 10.3. The second-order valence-corrected chi connectivity index (χ2v) is 6.33. The van der Waals surface area contributed by atoms with Gasteiger partial charge in [0.05, 0.1) is 27.8 Å². The van der Waals surface area contributed by atoms with Gasteiger partial charge in [-0.3, -0.25) is 4.79 Å². The number of rotatable bonds is 4. The highest BCUT2D eigenvalue weighted by Crippen LogP contribution is 2.22. The number of aromatic nitrogens is 3. The van der Waals surface area contributed by atoms with E-state index in [4.69, 9.17) is 0 Å². The molecule has 0 atom stereocenters. The summed E-state index contributed by atoms with van der Waals surface area (Å²) in [5, 5.41) is 3.64. The van der Waals surface area contributed by atoms with Gasteiger partial charge in [-0.05, 0) is 30.3 Å². The van der Waals surface area contributed by atoms with Gasteiger partial charge in [0.25, 0.3) is 0 Å². The van der Waals surface area contributed by atoms with E-state index in [-0.39, 0.29) is 5.91 Å². The van der Waals surface area contributed by atoms with Crippen molar-refractivity contribution in [2.45, 2.75) is 6.54 Å². The quantitative estimate of drug-likeness (QED) is 0.561. The average Bonchev–Trinajstić information content (AvgIpc) is 3.21. The molecule has 2 heterocycles. The molecule has 4 rings (SSSR count). The molecule has 0 saturated carbocycles. The van der Waals surface area contributed by atoms with Gasteiger partial charge in [-0.15, -0.1) is 11.3 Å². The van der Waals surface area contributed by atoms with E-state index in [1.807, 2.05) is 48.5 Å². The summed E-state index contributed by atoms with van der Waals surface area (Å²) in [6.07, 6.45) is 3.24. The predicted octanol–water partition coefficient (Wildman–Crippen LogP) is 3.50. The Morgan fingerprint density at radius 1 is 1.08 bits per heavy atom. The Labute approximate surface area is 142 Å². The van der Waals surface area contributed by atoms with Crippen molar-refractivity contribution in [2.24, 2.45) is 0 Å². The SMILES string of the molecule is O=C(/C=C/c1nc2ccccc2s1)NCc1nc2ccccc2[nH]1. The van der Waals surface area contributed by atoms with Gasteiger partial charge in [0, 0.05) is 6.08 Å². The van der Waals surface area contributed by atoms with Gasteiger partial charge in [-0.25, -0.2) is 9.97 Å². The van der Waals surface area contributed by atoms with Gasteiger partial charge in [0.15, 0.2) is 0 Å². The maximum absolute atomic E-state index is 12.0. The van der Waals surface area contributed by atoms with Crippen LogP contribution in [0.4, 0.5) is 0 Å². The molecule has 0 aliphatic heterocycles. The van der Waals surface area contributed by atoms with Crippen LogP contribution in [0.2, 0.25) is 0 Å². The van der Waals surface area contributed by atoms with Gasteiger partial charge in [-0.1, -0.05) is 24.3 Å². The van der Waals surface area contributed by atoms with Crippen LogP contribution < -0.4 is 5.32 Å².